The van der Waals surface area contributed by atoms with Crippen LogP contribution in [0.5, 0.6) is 0 Å². The van der Waals surface area contributed by atoms with E-state index in [1.165, 1.54) is 43.6 Å². The number of likely N-dealkylation sites (tertiary alicyclic amines) is 1. The van der Waals surface area contributed by atoms with Crippen molar-refractivity contribution in [1.29, 1.82) is 0 Å². The molecule has 0 aromatic rings. The first kappa shape index (κ1) is 8.61. The Balaban J connectivity index is 1.95. The van der Waals surface area contributed by atoms with Crippen molar-refractivity contribution in [2.75, 3.05) is 13.1 Å². The van der Waals surface area contributed by atoms with Crippen LogP contribution in [0, 0.1) is 0 Å². The number of piperidine rings is 1. The molecule has 0 radical (unpaired) electrons. The lowest BCUT2D eigenvalue weighted by Crippen LogP contribution is -2.29. The van der Waals surface area contributed by atoms with E-state index >= 15 is 0 Å². The molecule has 1 saturated heterocycles. The summed E-state index contributed by atoms with van der Waals surface area (Å²) in [5.74, 6) is 0. The van der Waals surface area contributed by atoms with E-state index in [2.05, 4.69) is 29.7 Å². The Morgan fingerprint density at radius 3 is 2.62 bits per heavy atom. The molecule has 0 spiro atoms. The van der Waals surface area contributed by atoms with Gasteiger partial charge < -0.3 is 4.90 Å². The number of nitrogens with zero attached hydrogens (tertiary/aromatic N) is 1. The molecule has 0 saturated carbocycles. The Kier molecular flexibility index (Phi) is 2.53. The highest BCUT2D eigenvalue weighted by Gasteiger charge is 2.14. The minimum atomic E-state index is 1.08. The lowest BCUT2D eigenvalue weighted by Gasteiger charge is -2.31. The van der Waals surface area contributed by atoms with Crippen LogP contribution >= 0.6 is 0 Å². The minimum absolute atomic E-state index is 1.08. The fourth-order valence-corrected chi connectivity index (χ4v) is 2.03. The fourth-order valence-electron chi connectivity index (χ4n) is 2.03. The highest BCUT2D eigenvalue weighted by molar-refractivity contribution is 5.37. The zero-order chi connectivity index (χ0) is 9.10. The van der Waals surface area contributed by atoms with Gasteiger partial charge in [0.2, 0.25) is 0 Å². The molecule has 0 aromatic heterocycles. The second-order valence-electron chi connectivity index (χ2n) is 3.82. The summed E-state index contributed by atoms with van der Waals surface area (Å²) in [6, 6.07) is 0. The summed E-state index contributed by atoms with van der Waals surface area (Å²) in [6.45, 7) is 6.59. The Morgan fingerprint density at radius 1 is 1.23 bits per heavy atom. The lowest BCUT2D eigenvalue weighted by molar-refractivity contribution is 0.290. The van der Waals surface area contributed by atoms with Crippen LogP contribution < -0.4 is 0 Å². The highest BCUT2D eigenvalue weighted by atomic mass is 15.1. The minimum Gasteiger partial charge on any atom is -0.372 e. The van der Waals surface area contributed by atoms with Crippen LogP contribution in [0.25, 0.3) is 0 Å². The van der Waals surface area contributed by atoms with Crippen molar-refractivity contribution in [2.45, 2.75) is 25.7 Å². The molecule has 1 aliphatic heterocycles. The first-order valence-corrected chi connectivity index (χ1v) is 5.18. The van der Waals surface area contributed by atoms with Gasteiger partial charge >= 0.3 is 0 Å². The van der Waals surface area contributed by atoms with Gasteiger partial charge in [0, 0.05) is 18.8 Å². The molecule has 1 nitrogen and oxygen atoms in total. The first-order valence-electron chi connectivity index (χ1n) is 5.18. The Hall–Kier alpha value is -0.980. The zero-order valence-corrected chi connectivity index (χ0v) is 8.13. The number of hydrogen-bond donors (Lipinski definition) is 0. The van der Waals surface area contributed by atoms with E-state index in [0.29, 0.717) is 0 Å². The van der Waals surface area contributed by atoms with Gasteiger partial charge in [0.05, 0.1) is 0 Å². The van der Waals surface area contributed by atoms with E-state index in [1.807, 2.05) is 0 Å². The van der Waals surface area contributed by atoms with Gasteiger partial charge in [-0.2, -0.15) is 0 Å². The van der Waals surface area contributed by atoms with Crippen molar-refractivity contribution in [1.82, 2.24) is 4.90 Å². The molecule has 0 aromatic carbocycles. The van der Waals surface area contributed by atoms with Crippen molar-refractivity contribution >= 4 is 0 Å². The average Bonchev–Trinajstić information content (AvgIpc) is 2.71. The predicted octanol–water partition coefficient (Wildman–Crippen LogP) is 2.87. The molecule has 13 heavy (non-hydrogen) atoms. The van der Waals surface area contributed by atoms with E-state index in [9.17, 15) is 0 Å². The number of hydrogen-bond acceptors (Lipinski definition) is 1. The third-order valence-electron chi connectivity index (χ3n) is 2.88. The summed E-state index contributed by atoms with van der Waals surface area (Å²) in [5, 5.41) is 0. The maximum Gasteiger partial charge on any atom is 0.0328 e. The highest BCUT2D eigenvalue weighted by Crippen LogP contribution is 2.24. The maximum absolute atomic E-state index is 4.18. The van der Waals surface area contributed by atoms with Crippen molar-refractivity contribution in [3.63, 3.8) is 0 Å². The third kappa shape index (κ3) is 1.85. The molecule has 0 unspecified atom stereocenters. The summed E-state index contributed by atoms with van der Waals surface area (Å²) in [6.07, 6.45) is 11.7. The second-order valence-corrected chi connectivity index (χ2v) is 3.82. The molecule has 1 heteroatoms. The molecule has 2 aliphatic rings. The summed E-state index contributed by atoms with van der Waals surface area (Å²) in [4.78, 5) is 2.43. The molecule has 1 aliphatic carbocycles. The second kappa shape index (κ2) is 3.82. The van der Waals surface area contributed by atoms with Crippen LogP contribution in [-0.2, 0) is 0 Å². The van der Waals surface area contributed by atoms with E-state index < -0.39 is 0 Å². The monoisotopic (exact) mass is 175 g/mol. The zero-order valence-electron chi connectivity index (χ0n) is 8.13. The van der Waals surface area contributed by atoms with Gasteiger partial charge in [-0.25, -0.2) is 0 Å². The number of allylic oxidation sites excluding steroid dienone is 4. The maximum atomic E-state index is 4.18. The van der Waals surface area contributed by atoms with Gasteiger partial charge in [0.25, 0.3) is 0 Å². The van der Waals surface area contributed by atoms with Gasteiger partial charge in [0.1, 0.15) is 0 Å². The average molecular weight is 175 g/mol. The smallest absolute Gasteiger partial charge is 0.0328 e. The first-order chi connectivity index (χ1) is 6.38. The molecule has 1 heterocycles. The van der Waals surface area contributed by atoms with E-state index in [-0.39, 0.29) is 0 Å². The molecule has 0 bridgehead atoms. The van der Waals surface area contributed by atoms with Gasteiger partial charge in [-0.3, -0.25) is 0 Å². The topological polar surface area (TPSA) is 3.24 Å². The summed E-state index contributed by atoms with van der Waals surface area (Å²) >= 11 is 0. The molecular formula is C12H17N. The Bertz CT molecular complexity index is 254. The van der Waals surface area contributed by atoms with Crippen LogP contribution in [0.1, 0.15) is 25.7 Å². The Labute approximate surface area is 80.4 Å². The summed E-state index contributed by atoms with van der Waals surface area (Å²) < 4.78 is 0. The van der Waals surface area contributed by atoms with Crippen molar-refractivity contribution in [3.8, 4) is 0 Å². The largest absolute Gasteiger partial charge is 0.372 e. The molecule has 0 amide bonds. The van der Waals surface area contributed by atoms with Gasteiger partial charge in [-0.05, 0) is 31.3 Å². The van der Waals surface area contributed by atoms with Gasteiger partial charge in [-0.1, -0.05) is 24.8 Å². The van der Waals surface area contributed by atoms with E-state index in [0.717, 1.165) is 6.42 Å². The summed E-state index contributed by atoms with van der Waals surface area (Å²) in [5.41, 5.74) is 2.66. The lowest BCUT2D eigenvalue weighted by atomic mass is 10.1. The Morgan fingerprint density at radius 2 is 2.00 bits per heavy atom. The van der Waals surface area contributed by atoms with E-state index in [1.54, 1.807) is 0 Å². The van der Waals surface area contributed by atoms with E-state index in [4.69, 9.17) is 0 Å². The molecule has 1 fully saturated rings. The molecule has 0 atom stereocenters. The number of rotatable bonds is 2. The standard InChI is InChI=1S/C12H17N/c1-11(12-7-3-4-8-12)13-9-5-2-6-10-13/h3-4,7H,1-2,5-6,8-10H2. The van der Waals surface area contributed by atoms with Crippen LogP contribution in [0.3, 0.4) is 0 Å². The van der Waals surface area contributed by atoms with Gasteiger partial charge in [-0.15, -0.1) is 0 Å². The normalized spacial score (nSPS) is 21.8. The van der Waals surface area contributed by atoms with Crippen LogP contribution in [0.2, 0.25) is 0 Å². The molecule has 70 valence electrons. The van der Waals surface area contributed by atoms with Crippen molar-refractivity contribution in [3.05, 3.63) is 36.1 Å². The van der Waals surface area contributed by atoms with Gasteiger partial charge in [0.15, 0.2) is 0 Å². The van der Waals surface area contributed by atoms with Crippen LogP contribution in [0.15, 0.2) is 36.1 Å². The van der Waals surface area contributed by atoms with Crippen molar-refractivity contribution < 1.29 is 0 Å². The molecule has 0 N–H and O–H groups in total. The third-order valence-corrected chi connectivity index (χ3v) is 2.88. The van der Waals surface area contributed by atoms with Crippen LogP contribution in [-0.4, -0.2) is 18.0 Å². The van der Waals surface area contributed by atoms with Crippen molar-refractivity contribution in [2.24, 2.45) is 0 Å². The summed E-state index contributed by atoms with van der Waals surface area (Å²) in [7, 11) is 0. The molecule has 2 rings (SSSR count). The molecular weight excluding hydrogens is 158 g/mol. The quantitative estimate of drug-likeness (QED) is 0.623. The van der Waals surface area contributed by atoms with Crippen LogP contribution in [0.4, 0.5) is 0 Å². The fraction of sp³-hybridized carbons (Fsp3) is 0.500. The predicted molar refractivity (Wildman–Crippen MR) is 56.4 cm³/mol. The SMILES string of the molecule is C=C(C1=CC=CC1)N1CCCCC1.